The lowest BCUT2D eigenvalue weighted by atomic mass is 10.2. The molecule has 0 bridgehead atoms. The Morgan fingerprint density at radius 1 is 0.312 bits per heavy atom. The van der Waals surface area contributed by atoms with Crippen molar-refractivity contribution in [3.05, 3.63) is 389 Å². The standard InChI is InChI=1S/C92H42N6O14/c1-4-5-6-7-8-9-10-11-12-13-14-15-16-17-18-19-20-21-22-23-24-25-26-27-28-29-30-31-32-33-34-35-36-55-84(93(68(2)99)82-66-89(105)97(91(82)107)72-45-39-49-76(62-72)111-80-53-41-51-78(64-80)109-74-47-37-43-70(60-74)95-85(101)56-57-86(95)102)94(69(3)100)83-67-90(106)98(92(83)108)73-46-40-50-77(63-73)112-81-54-42-52-79(65-81)110-75-48-38-44-71(61-75)96-87(103)58-59-88(96)104/h37-54,56-67,105-108H,1H2,2-3H3. The summed E-state index contributed by atoms with van der Waals surface area (Å²) in [4.78, 5) is 81.5. The third kappa shape index (κ3) is 20.5. The fourth-order valence-electron chi connectivity index (χ4n) is 9.73. The quantitative estimate of drug-likeness (QED) is 0.0520. The SMILES string of the molecule is C=C=C=C=C=C=C=C=C=C=C=C=C=C=C=C=C=C=C=C=C=C=C=C=C=C=C=C=C=C=C=C=C=C=C=C(N(C(C)=O)c1cc(O)n(-c2cccc(Oc3cccc(Oc4cccc(N5C(=O)C=CC5=O)c4)c3)c2)c1O)N(C(C)=O)c1cc(O)n(-c2cccc(Oc3cccc(Oc4cccc(N5C(=O)C=CC5=O)c4)c3)c2)c1O. The minimum absolute atomic E-state index is 0.0986. The summed E-state index contributed by atoms with van der Waals surface area (Å²) in [6.45, 7) is 5.46. The van der Waals surface area contributed by atoms with Crippen molar-refractivity contribution >= 4 is 58.2 Å². The van der Waals surface area contributed by atoms with E-state index in [4.69, 9.17) is 18.9 Å². The van der Waals surface area contributed by atoms with Gasteiger partial charge in [-0.25, -0.2) is 18.9 Å². The number of hydrogen-bond acceptors (Lipinski definition) is 14. The van der Waals surface area contributed by atoms with Crippen LogP contribution in [0.4, 0.5) is 22.7 Å². The van der Waals surface area contributed by atoms with Crippen molar-refractivity contribution in [2.45, 2.75) is 13.8 Å². The number of aromatic hydroxyl groups is 4. The molecule has 112 heavy (non-hydrogen) atoms. The largest absolute Gasteiger partial charge is 0.494 e. The first-order valence-corrected chi connectivity index (χ1v) is 32.0. The Bertz CT molecular complexity index is 6670. The molecule has 2 aliphatic heterocycles. The molecular formula is C92H42N6O14. The molecule has 10 rings (SSSR count). The molecule has 8 aromatic rings. The minimum atomic E-state index is -0.907. The molecule has 2 aromatic heterocycles. The lowest BCUT2D eigenvalue weighted by molar-refractivity contribution is -0.121. The van der Waals surface area contributed by atoms with Crippen molar-refractivity contribution in [3.63, 3.8) is 0 Å². The van der Waals surface area contributed by atoms with Crippen molar-refractivity contribution in [2.75, 3.05) is 19.6 Å². The summed E-state index contributed by atoms with van der Waals surface area (Å²) in [7, 11) is 0. The van der Waals surface area contributed by atoms with Gasteiger partial charge in [-0.3, -0.25) is 38.6 Å². The molecule has 0 saturated heterocycles. The van der Waals surface area contributed by atoms with Crippen LogP contribution in [0.1, 0.15) is 13.8 Å². The van der Waals surface area contributed by atoms with E-state index in [2.05, 4.69) is 201 Å². The Morgan fingerprint density at radius 3 is 0.795 bits per heavy atom. The fraction of sp³-hybridized carbons (Fsp3) is 0.0217. The van der Waals surface area contributed by atoms with Crippen LogP contribution in [-0.4, -0.2) is 65.0 Å². The summed E-state index contributed by atoms with van der Waals surface area (Å²) >= 11 is 0. The van der Waals surface area contributed by atoms with Gasteiger partial charge in [0.1, 0.15) is 57.4 Å². The minimum Gasteiger partial charge on any atom is -0.494 e. The van der Waals surface area contributed by atoms with E-state index in [1.165, 1.54) is 60.7 Å². The molecule has 20 nitrogen and oxygen atoms in total. The number of amides is 6. The van der Waals surface area contributed by atoms with Crippen LogP contribution in [0.3, 0.4) is 0 Å². The zero-order valence-electron chi connectivity index (χ0n) is 58.1. The molecule has 0 spiro atoms. The smallest absolute Gasteiger partial charge is 0.258 e. The molecule has 2 aliphatic rings. The van der Waals surface area contributed by atoms with Crippen LogP contribution in [0.15, 0.2) is 389 Å². The first-order chi connectivity index (χ1) is 54.5. The number of anilines is 4. The van der Waals surface area contributed by atoms with Gasteiger partial charge in [0.15, 0.2) is 5.82 Å². The van der Waals surface area contributed by atoms with Crippen LogP contribution < -0.4 is 38.5 Å². The average Bonchev–Trinajstić information content (AvgIpc) is 1.60. The summed E-state index contributed by atoms with van der Waals surface area (Å²) in [5.74, 6) is -5.01. The van der Waals surface area contributed by atoms with Gasteiger partial charge >= 0.3 is 0 Å². The van der Waals surface area contributed by atoms with Crippen LogP contribution in [0.2, 0.25) is 0 Å². The molecule has 0 radical (unpaired) electrons. The molecule has 0 saturated carbocycles. The van der Waals surface area contributed by atoms with Crippen LogP contribution >= 0.6 is 0 Å². The van der Waals surface area contributed by atoms with E-state index in [0.717, 1.165) is 54.7 Å². The maximum Gasteiger partial charge on any atom is 0.258 e. The predicted molar refractivity (Wildman–Crippen MR) is 402 cm³/mol. The van der Waals surface area contributed by atoms with Gasteiger partial charge in [0.25, 0.3) is 23.6 Å². The van der Waals surface area contributed by atoms with E-state index in [1.807, 2.05) is 0 Å². The second-order valence-corrected chi connectivity index (χ2v) is 21.5. The number of benzene rings is 6. The molecule has 524 valence electrons. The first-order valence-electron chi connectivity index (χ1n) is 32.0. The van der Waals surface area contributed by atoms with Gasteiger partial charge in [-0.1, -0.05) is 42.1 Å². The summed E-state index contributed by atoms with van der Waals surface area (Å²) in [5.41, 5.74) is 84.6. The summed E-state index contributed by atoms with van der Waals surface area (Å²) < 4.78 is 26.5. The Kier molecular flexibility index (Phi) is 25.7. The second kappa shape index (κ2) is 38.0. The molecule has 0 fully saturated rings. The lowest BCUT2D eigenvalue weighted by Gasteiger charge is -2.29. The number of aromatic nitrogens is 2. The molecular weight excluding hydrogens is 1410 g/mol. The number of hydrogen-bond donors (Lipinski definition) is 4. The van der Waals surface area contributed by atoms with E-state index in [0.29, 0.717) is 34.4 Å². The van der Waals surface area contributed by atoms with Gasteiger partial charge < -0.3 is 39.4 Å². The number of nitrogens with zero attached hydrogens (tertiary/aromatic N) is 6. The van der Waals surface area contributed by atoms with Gasteiger partial charge in [0.05, 0.1) is 22.7 Å². The number of imide groups is 2. The molecule has 0 atom stereocenters. The highest BCUT2D eigenvalue weighted by Crippen LogP contribution is 2.45. The molecule has 4 heterocycles. The van der Waals surface area contributed by atoms with E-state index < -0.39 is 76.2 Å². The van der Waals surface area contributed by atoms with Crippen LogP contribution in [0.25, 0.3) is 11.4 Å². The highest BCUT2D eigenvalue weighted by molar-refractivity contribution is 6.29. The van der Waals surface area contributed by atoms with E-state index >= 15 is 0 Å². The van der Waals surface area contributed by atoms with Gasteiger partial charge in [0.2, 0.25) is 35.3 Å². The number of ether oxygens (including phenoxy) is 4. The highest BCUT2D eigenvalue weighted by Gasteiger charge is 2.35. The number of carbonyl (C=O) groups is 6. The van der Waals surface area contributed by atoms with Gasteiger partial charge in [-0.15, -0.1) is 0 Å². The molecule has 6 aromatic carbocycles. The maximum atomic E-state index is 14.2. The van der Waals surface area contributed by atoms with Gasteiger partial charge in [-0.05, 0) is 177 Å². The van der Waals surface area contributed by atoms with E-state index in [9.17, 15) is 49.2 Å². The average molecular weight is 1460 g/mol. The topological polar surface area (TPSA) is 243 Å². The van der Waals surface area contributed by atoms with Crippen molar-refractivity contribution in [1.29, 1.82) is 0 Å². The summed E-state index contributed by atoms with van der Waals surface area (Å²) in [6.07, 6.45) is 4.68. The van der Waals surface area contributed by atoms with E-state index in [1.54, 1.807) is 109 Å². The molecule has 0 unspecified atom stereocenters. The number of carbonyl (C=O) groups excluding carboxylic acids is 6. The van der Waals surface area contributed by atoms with Gasteiger partial charge in [-0.2, -0.15) is 0 Å². The Balaban J connectivity index is 0.977. The zero-order valence-corrected chi connectivity index (χ0v) is 58.1. The molecule has 20 heteroatoms. The Hall–Kier alpha value is -18.8. The van der Waals surface area contributed by atoms with Gasteiger partial charge in [0, 0.05) is 178 Å². The van der Waals surface area contributed by atoms with Crippen LogP contribution in [0, 0.1) is 0 Å². The predicted octanol–water partition coefficient (Wildman–Crippen LogP) is 15.3. The van der Waals surface area contributed by atoms with Crippen molar-refractivity contribution in [2.24, 2.45) is 0 Å². The van der Waals surface area contributed by atoms with Crippen molar-refractivity contribution < 1.29 is 68.1 Å². The van der Waals surface area contributed by atoms with E-state index in [-0.39, 0.29) is 34.4 Å². The Labute approximate surface area is 635 Å². The third-order valence-corrected chi connectivity index (χ3v) is 14.1. The fourth-order valence-corrected chi connectivity index (χ4v) is 9.73. The van der Waals surface area contributed by atoms with Crippen molar-refractivity contribution in [3.8, 4) is 80.9 Å². The summed E-state index contributed by atoms with van der Waals surface area (Å²) in [6, 6.07) is 40.0. The zero-order chi connectivity index (χ0) is 79.0. The summed E-state index contributed by atoms with van der Waals surface area (Å²) in [5, 5.41) is 47.8. The lowest BCUT2D eigenvalue weighted by Crippen LogP contribution is -2.40. The monoisotopic (exact) mass is 1450 g/mol. The Morgan fingerprint density at radius 2 is 0.536 bits per heavy atom. The molecule has 0 aliphatic carbocycles. The number of rotatable bonds is 16. The van der Waals surface area contributed by atoms with Crippen LogP contribution in [-0.2, 0) is 28.8 Å². The normalized spacial score (nSPS) is 10.1. The second-order valence-electron chi connectivity index (χ2n) is 21.5. The highest BCUT2D eigenvalue weighted by atomic mass is 16.5. The molecule has 4 N–H and O–H groups in total. The van der Waals surface area contributed by atoms with Crippen LogP contribution in [0.5, 0.6) is 69.5 Å². The van der Waals surface area contributed by atoms with Crippen molar-refractivity contribution in [1.82, 2.24) is 9.13 Å². The molecule has 6 amide bonds. The first kappa shape index (κ1) is 75.9. The third-order valence-electron chi connectivity index (χ3n) is 14.1. The maximum absolute atomic E-state index is 14.2.